The van der Waals surface area contributed by atoms with Crippen LogP contribution in [0.2, 0.25) is 0 Å². The summed E-state index contributed by atoms with van der Waals surface area (Å²) in [6.07, 6.45) is 0.395. The van der Waals surface area contributed by atoms with Crippen LogP contribution in [0.5, 0.6) is 0 Å². The number of fused-ring (bicyclic) bond motifs is 1. The SMILES string of the molecule is N#C[C@]1(C(=O)Nc2cccc(C(=O)O)c2)CC2c3ccccc3C1c1ccccc12. The first-order valence-electron chi connectivity index (χ1n) is 9.79. The summed E-state index contributed by atoms with van der Waals surface area (Å²) in [6, 6.07) is 24.5. The summed E-state index contributed by atoms with van der Waals surface area (Å²) in [6.45, 7) is 0. The fourth-order valence-corrected chi connectivity index (χ4v) is 5.07. The van der Waals surface area contributed by atoms with Crippen molar-refractivity contribution in [3.8, 4) is 6.07 Å². The van der Waals surface area contributed by atoms with Crippen LogP contribution in [-0.4, -0.2) is 17.0 Å². The highest BCUT2D eigenvalue weighted by Crippen LogP contribution is 2.61. The van der Waals surface area contributed by atoms with Gasteiger partial charge in [0.2, 0.25) is 5.91 Å². The van der Waals surface area contributed by atoms with Crippen molar-refractivity contribution in [2.45, 2.75) is 18.3 Å². The summed E-state index contributed by atoms with van der Waals surface area (Å²) in [5, 5.41) is 22.3. The lowest BCUT2D eigenvalue weighted by molar-refractivity contribution is -0.124. The molecule has 0 saturated carbocycles. The molecule has 3 aliphatic rings. The number of carbonyl (C=O) groups excluding carboxylic acids is 1. The molecule has 3 aromatic carbocycles. The van der Waals surface area contributed by atoms with Crippen LogP contribution in [0.1, 0.15) is 50.9 Å². The third kappa shape index (κ3) is 2.47. The minimum atomic E-state index is -1.27. The van der Waals surface area contributed by atoms with Gasteiger partial charge in [0.1, 0.15) is 5.41 Å². The van der Waals surface area contributed by atoms with E-state index in [1.165, 1.54) is 23.3 Å². The number of aromatic carboxylic acids is 1. The molecule has 1 atom stereocenters. The molecule has 0 radical (unpaired) electrons. The molecule has 0 heterocycles. The van der Waals surface area contributed by atoms with Crippen LogP contribution >= 0.6 is 0 Å². The molecule has 5 heteroatoms. The second-order valence-corrected chi connectivity index (χ2v) is 7.87. The zero-order valence-electron chi connectivity index (χ0n) is 16.0. The molecule has 2 bridgehead atoms. The molecule has 0 spiro atoms. The van der Waals surface area contributed by atoms with Gasteiger partial charge in [-0.15, -0.1) is 0 Å². The van der Waals surface area contributed by atoms with Gasteiger partial charge in [-0.1, -0.05) is 54.6 Å². The predicted octanol–water partition coefficient (Wildman–Crippen LogP) is 4.51. The van der Waals surface area contributed by atoms with Crippen LogP contribution in [0.3, 0.4) is 0 Å². The first-order valence-corrected chi connectivity index (χ1v) is 9.79. The van der Waals surface area contributed by atoms with Crippen LogP contribution in [-0.2, 0) is 4.79 Å². The third-order valence-electron chi connectivity index (χ3n) is 6.36. The van der Waals surface area contributed by atoms with Gasteiger partial charge in [0.25, 0.3) is 0 Å². The topological polar surface area (TPSA) is 90.2 Å². The Morgan fingerprint density at radius 1 is 0.933 bits per heavy atom. The van der Waals surface area contributed by atoms with E-state index in [9.17, 15) is 20.0 Å². The van der Waals surface area contributed by atoms with E-state index in [0.717, 1.165) is 11.1 Å². The van der Waals surface area contributed by atoms with Gasteiger partial charge in [-0.25, -0.2) is 4.79 Å². The first-order chi connectivity index (χ1) is 14.5. The number of nitrogens with one attached hydrogen (secondary N) is 1. The molecule has 1 amide bonds. The van der Waals surface area contributed by atoms with E-state index in [2.05, 4.69) is 23.5 Å². The highest BCUT2D eigenvalue weighted by Gasteiger charge is 2.57. The smallest absolute Gasteiger partial charge is 0.335 e. The second-order valence-electron chi connectivity index (χ2n) is 7.87. The maximum absolute atomic E-state index is 13.5. The average molecular weight is 394 g/mol. The quantitative estimate of drug-likeness (QED) is 0.684. The number of carboxylic acid groups (broad SMARTS) is 1. The van der Waals surface area contributed by atoms with Gasteiger partial charge in [-0.3, -0.25) is 4.79 Å². The van der Waals surface area contributed by atoms with Gasteiger partial charge < -0.3 is 10.4 Å². The summed E-state index contributed by atoms with van der Waals surface area (Å²) in [5.74, 6) is -1.87. The first kappa shape index (κ1) is 18.1. The molecule has 0 unspecified atom stereocenters. The van der Waals surface area contributed by atoms with Crippen molar-refractivity contribution in [2.75, 3.05) is 5.32 Å². The Labute approximate surface area is 173 Å². The van der Waals surface area contributed by atoms with Crippen molar-refractivity contribution in [3.05, 3.63) is 101 Å². The van der Waals surface area contributed by atoms with Crippen LogP contribution in [0.25, 0.3) is 0 Å². The fraction of sp³-hybridized carbons (Fsp3) is 0.160. The van der Waals surface area contributed by atoms with E-state index in [-0.39, 0.29) is 17.4 Å². The standard InChI is InChI=1S/C25H18N2O3/c26-14-25(24(30)27-16-7-5-6-15(12-16)23(28)29)13-21-17-8-1-3-10-19(17)22(25)20-11-4-2-9-18(20)21/h1-12,21-22H,13H2,(H,27,30)(H,28,29)/t21?,22?,25-/m1/s1. The van der Waals surface area contributed by atoms with Gasteiger partial charge in [0.15, 0.2) is 0 Å². The van der Waals surface area contributed by atoms with Gasteiger partial charge in [-0.2, -0.15) is 5.26 Å². The molecule has 146 valence electrons. The Hall–Kier alpha value is -3.91. The van der Waals surface area contributed by atoms with Crippen molar-refractivity contribution < 1.29 is 14.7 Å². The number of hydrogen-bond donors (Lipinski definition) is 2. The molecule has 5 nitrogen and oxygen atoms in total. The fourth-order valence-electron chi connectivity index (χ4n) is 5.07. The number of hydrogen-bond acceptors (Lipinski definition) is 3. The maximum atomic E-state index is 13.5. The zero-order chi connectivity index (χ0) is 20.9. The highest BCUT2D eigenvalue weighted by molar-refractivity contribution is 6.00. The summed E-state index contributed by atoms with van der Waals surface area (Å²) >= 11 is 0. The van der Waals surface area contributed by atoms with E-state index in [0.29, 0.717) is 12.1 Å². The number of nitrogens with zero attached hydrogens (tertiary/aromatic N) is 1. The van der Waals surface area contributed by atoms with Crippen molar-refractivity contribution >= 4 is 17.6 Å². The number of carboxylic acids is 1. The molecule has 0 aliphatic heterocycles. The molecule has 2 N–H and O–H groups in total. The molecule has 3 aromatic rings. The number of carbonyl (C=O) groups is 2. The Morgan fingerprint density at radius 2 is 1.53 bits per heavy atom. The summed E-state index contributed by atoms with van der Waals surface area (Å²) in [7, 11) is 0. The molecule has 0 saturated heterocycles. The molecule has 3 aliphatic carbocycles. The van der Waals surface area contributed by atoms with Crippen LogP contribution in [0.15, 0.2) is 72.8 Å². The van der Waals surface area contributed by atoms with Crippen LogP contribution in [0.4, 0.5) is 5.69 Å². The Balaban J connectivity index is 1.61. The summed E-state index contributed by atoms with van der Waals surface area (Å²) < 4.78 is 0. The zero-order valence-corrected chi connectivity index (χ0v) is 16.0. The lowest BCUT2D eigenvalue weighted by Gasteiger charge is -2.48. The normalized spacial score (nSPS) is 23.0. The summed E-state index contributed by atoms with van der Waals surface area (Å²) in [4.78, 5) is 24.8. The van der Waals surface area contributed by atoms with E-state index < -0.39 is 17.3 Å². The molecule has 0 fully saturated rings. The van der Waals surface area contributed by atoms with Crippen LogP contribution < -0.4 is 5.32 Å². The van der Waals surface area contributed by atoms with Gasteiger partial charge >= 0.3 is 5.97 Å². The Morgan fingerprint density at radius 3 is 2.10 bits per heavy atom. The van der Waals surface area contributed by atoms with Crippen molar-refractivity contribution in [1.82, 2.24) is 0 Å². The lowest BCUT2D eigenvalue weighted by atomic mass is 9.52. The van der Waals surface area contributed by atoms with Gasteiger partial charge in [-0.05, 0) is 46.9 Å². The monoisotopic (exact) mass is 394 g/mol. The average Bonchev–Trinajstić information content (AvgIpc) is 2.79. The van der Waals surface area contributed by atoms with Crippen molar-refractivity contribution in [2.24, 2.45) is 5.41 Å². The minimum Gasteiger partial charge on any atom is -0.478 e. The van der Waals surface area contributed by atoms with E-state index in [4.69, 9.17) is 0 Å². The molecular formula is C25H18N2O3. The molecular weight excluding hydrogens is 376 g/mol. The number of nitriles is 1. The molecule has 0 aromatic heterocycles. The molecule has 30 heavy (non-hydrogen) atoms. The van der Waals surface area contributed by atoms with Crippen molar-refractivity contribution in [1.29, 1.82) is 5.26 Å². The van der Waals surface area contributed by atoms with Crippen molar-refractivity contribution in [3.63, 3.8) is 0 Å². The minimum absolute atomic E-state index is 0.0295. The largest absolute Gasteiger partial charge is 0.478 e. The number of anilines is 1. The highest BCUT2D eigenvalue weighted by atomic mass is 16.4. The number of benzene rings is 3. The number of amides is 1. The Kier molecular flexibility index (Phi) is 3.97. The van der Waals surface area contributed by atoms with E-state index in [1.54, 1.807) is 12.1 Å². The third-order valence-corrected chi connectivity index (χ3v) is 6.36. The van der Waals surface area contributed by atoms with Crippen LogP contribution in [0, 0.1) is 16.7 Å². The van der Waals surface area contributed by atoms with Gasteiger partial charge in [0, 0.05) is 17.5 Å². The molecule has 6 rings (SSSR count). The second kappa shape index (κ2) is 6.57. The predicted molar refractivity (Wildman–Crippen MR) is 111 cm³/mol. The summed E-state index contributed by atoms with van der Waals surface area (Å²) in [5.41, 5.74) is 3.57. The van der Waals surface area contributed by atoms with E-state index >= 15 is 0 Å². The Bertz CT molecular complexity index is 1200. The lowest BCUT2D eigenvalue weighted by Crippen LogP contribution is -2.48. The number of rotatable bonds is 3. The van der Waals surface area contributed by atoms with E-state index in [1.807, 2.05) is 36.4 Å². The maximum Gasteiger partial charge on any atom is 0.335 e. The van der Waals surface area contributed by atoms with Gasteiger partial charge in [0.05, 0.1) is 11.6 Å².